The van der Waals surface area contributed by atoms with E-state index in [9.17, 15) is 13.2 Å². The Hall–Kier alpha value is -1.91. The highest BCUT2D eigenvalue weighted by Gasteiger charge is 2.22. The van der Waals surface area contributed by atoms with Gasteiger partial charge in [-0.05, 0) is 24.6 Å². The highest BCUT2D eigenvalue weighted by Crippen LogP contribution is 2.23. The quantitative estimate of drug-likeness (QED) is 0.683. The minimum Gasteiger partial charge on any atom is -0.325 e. The van der Waals surface area contributed by atoms with Crippen LogP contribution in [0.15, 0.2) is 34.6 Å². The van der Waals surface area contributed by atoms with Gasteiger partial charge in [0.05, 0.1) is 10.6 Å². The van der Waals surface area contributed by atoms with Crippen molar-refractivity contribution in [3.8, 4) is 0 Å². The van der Waals surface area contributed by atoms with Gasteiger partial charge in [-0.3, -0.25) is 4.79 Å². The van der Waals surface area contributed by atoms with Gasteiger partial charge in [0.25, 0.3) is 0 Å². The molecule has 0 aliphatic carbocycles. The molecule has 1 heterocycles. The van der Waals surface area contributed by atoms with Crippen LogP contribution in [-0.2, 0) is 21.9 Å². The molecule has 8 nitrogen and oxygen atoms in total. The summed E-state index contributed by atoms with van der Waals surface area (Å²) in [5.41, 5.74) is 1.28. The molecule has 1 aromatic heterocycles. The third-order valence-corrected chi connectivity index (χ3v) is 6.91. The minimum atomic E-state index is -3.57. The summed E-state index contributed by atoms with van der Waals surface area (Å²) in [6, 6.07) is 4.77. The second kappa shape index (κ2) is 8.65. The number of aryl methyl sites for hydroxylation is 2. The van der Waals surface area contributed by atoms with Gasteiger partial charge in [-0.2, -0.15) is 4.31 Å². The van der Waals surface area contributed by atoms with E-state index in [0.29, 0.717) is 23.9 Å². The third kappa shape index (κ3) is 4.63. The first-order valence-electron chi connectivity index (χ1n) is 8.17. The van der Waals surface area contributed by atoms with Crippen LogP contribution in [0.5, 0.6) is 0 Å². The van der Waals surface area contributed by atoms with E-state index in [1.807, 2.05) is 6.92 Å². The molecule has 0 unspecified atom stereocenters. The normalized spacial score (nSPS) is 11.7. The van der Waals surface area contributed by atoms with Crippen molar-refractivity contribution in [1.29, 1.82) is 0 Å². The summed E-state index contributed by atoms with van der Waals surface area (Å²) in [5.74, 6) is -0.0857. The minimum absolute atomic E-state index is 0.152. The average Bonchev–Trinajstić information content (AvgIpc) is 3.00. The van der Waals surface area contributed by atoms with Crippen LogP contribution in [0, 0.1) is 6.92 Å². The molecule has 0 bridgehead atoms. The Morgan fingerprint density at radius 1 is 1.31 bits per heavy atom. The molecule has 2 aromatic rings. The van der Waals surface area contributed by atoms with E-state index in [1.54, 1.807) is 43.9 Å². The van der Waals surface area contributed by atoms with Gasteiger partial charge in [0.2, 0.25) is 15.9 Å². The number of thioether (sulfide) groups is 1. The molecule has 0 aliphatic heterocycles. The maximum absolute atomic E-state index is 12.7. The molecule has 1 aromatic carbocycles. The van der Waals surface area contributed by atoms with Crippen LogP contribution >= 0.6 is 11.8 Å². The topological polar surface area (TPSA) is 97.2 Å². The molecule has 0 fully saturated rings. The van der Waals surface area contributed by atoms with Gasteiger partial charge in [0, 0.05) is 25.8 Å². The van der Waals surface area contributed by atoms with Crippen molar-refractivity contribution in [3.63, 3.8) is 0 Å². The molecule has 0 saturated carbocycles. The number of carbonyl (C=O) groups is 1. The number of aromatic nitrogens is 3. The monoisotopic (exact) mass is 397 g/mol. The van der Waals surface area contributed by atoms with Crippen molar-refractivity contribution in [3.05, 3.63) is 30.1 Å². The molecule has 1 amide bonds. The number of nitrogens with zero attached hydrogens (tertiary/aromatic N) is 4. The van der Waals surface area contributed by atoms with Crippen LogP contribution in [0.25, 0.3) is 0 Å². The first-order chi connectivity index (χ1) is 12.3. The van der Waals surface area contributed by atoms with Crippen molar-refractivity contribution in [1.82, 2.24) is 19.1 Å². The van der Waals surface area contributed by atoms with Crippen molar-refractivity contribution in [2.75, 3.05) is 24.2 Å². The number of hydrogen-bond donors (Lipinski definition) is 1. The summed E-state index contributed by atoms with van der Waals surface area (Å²) < 4.78 is 28.4. The Morgan fingerprint density at radius 2 is 2.00 bits per heavy atom. The highest BCUT2D eigenvalue weighted by atomic mass is 32.2. The number of carbonyl (C=O) groups excluding carboxylic acids is 1. The zero-order valence-electron chi connectivity index (χ0n) is 15.3. The molecule has 2 rings (SSSR count). The number of benzene rings is 1. The van der Waals surface area contributed by atoms with Gasteiger partial charge in [0.1, 0.15) is 6.33 Å². The maximum atomic E-state index is 12.7. The van der Waals surface area contributed by atoms with Gasteiger partial charge in [-0.1, -0.05) is 31.7 Å². The summed E-state index contributed by atoms with van der Waals surface area (Å²) in [5, 5.41) is 11.1. The molecule has 0 saturated heterocycles. The summed E-state index contributed by atoms with van der Waals surface area (Å²) in [6.45, 7) is 6.19. The lowest BCUT2D eigenvalue weighted by Gasteiger charge is -2.19. The molecular weight excluding hydrogens is 374 g/mol. The smallest absolute Gasteiger partial charge is 0.243 e. The highest BCUT2D eigenvalue weighted by molar-refractivity contribution is 7.99. The van der Waals surface area contributed by atoms with Crippen molar-refractivity contribution in [2.24, 2.45) is 7.05 Å². The zero-order chi connectivity index (χ0) is 19.3. The summed E-state index contributed by atoms with van der Waals surface area (Å²) in [6.07, 6.45) is 1.56. The summed E-state index contributed by atoms with van der Waals surface area (Å²) in [4.78, 5) is 12.4. The summed E-state index contributed by atoms with van der Waals surface area (Å²) in [7, 11) is -1.78. The van der Waals surface area contributed by atoms with Gasteiger partial charge in [0.15, 0.2) is 5.16 Å². The van der Waals surface area contributed by atoms with Crippen LogP contribution in [0.1, 0.15) is 19.4 Å². The molecule has 0 spiro atoms. The molecule has 1 N–H and O–H groups in total. The lowest BCUT2D eigenvalue weighted by Crippen LogP contribution is -2.30. The van der Waals surface area contributed by atoms with E-state index in [4.69, 9.17) is 0 Å². The molecule has 26 heavy (non-hydrogen) atoms. The zero-order valence-corrected chi connectivity index (χ0v) is 16.9. The van der Waals surface area contributed by atoms with Crippen LogP contribution < -0.4 is 5.32 Å². The number of sulfonamides is 1. The van der Waals surface area contributed by atoms with Crippen LogP contribution in [-0.4, -0.2) is 52.2 Å². The first kappa shape index (κ1) is 20.4. The number of anilines is 1. The van der Waals surface area contributed by atoms with E-state index in [-0.39, 0.29) is 16.6 Å². The van der Waals surface area contributed by atoms with E-state index in [2.05, 4.69) is 15.5 Å². The number of amides is 1. The predicted molar refractivity (Wildman–Crippen MR) is 102 cm³/mol. The fraction of sp³-hybridized carbons (Fsp3) is 0.438. The van der Waals surface area contributed by atoms with Crippen LogP contribution in [0.2, 0.25) is 0 Å². The fourth-order valence-electron chi connectivity index (χ4n) is 2.33. The van der Waals surface area contributed by atoms with Crippen molar-refractivity contribution < 1.29 is 13.2 Å². The Labute approximate surface area is 158 Å². The average molecular weight is 398 g/mol. The lowest BCUT2D eigenvalue weighted by atomic mass is 10.2. The van der Waals surface area contributed by atoms with E-state index in [1.165, 1.54) is 22.1 Å². The van der Waals surface area contributed by atoms with Crippen LogP contribution in [0.4, 0.5) is 5.69 Å². The molecule has 0 aliphatic rings. The number of hydrogen-bond acceptors (Lipinski definition) is 6. The number of rotatable bonds is 8. The van der Waals surface area contributed by atoms with E-state index < -0.39 is 10.0 Å². The maximum Gasteiger partial charge on any atom is 0.243 e. The van der Waals surface area contributed by atoms with Gasteiger partial charge < -0.3 is 9.88 Å². The Morgan fingerprint density at radius 3 is 2.58 bits per heavy atom. The second-order valence-corrected chi connectivity index (χ2v) is 8.51. The van der Waals surface area contributed by atoms with Crippen molar-refractivity contribution >= 4 is 33.4 Å². The molecule has 142 valence electrons. The fourth-order valence-corrected chi connectivity index (χ4v) is 4.50. The Balaban J connectivity index is 2.14. The van der Waals surface area contributed by atoms with Gasteiger partial charge in [-0.25, -0.2) is 8.42 Å². The number of nitrogens with one attached hydrogen (secondary N) is 1. The predicted octanol–water partition coefficient (Wildman–Crippen LogP) is 1.88. The second-order valence-electron chi connectivity index (χ2n) is 5.63. The summed E-state index contributed by atoms with van der Waals surface area (Å²) >= 11 is 1.26. The first-order valence-corrected chi connectivity index (χ1v) is 10.6. The standard InChI is InChI=1S/C16H23N5O3S2/c1-5-21(6-2)26(23,24)13-8-7-12(3)14(9-13)18-15(22)10-25-16-19-17-11-20(16)4/h7-9,11H,5-6,10H2,1-4H3,(H,18,22). The van der Waals surface area contributed by atoms with Crippen molar-refractivity contribution in [2.45, 2.75) is 30.8 Å². The molecule has 0 radical (unpaired) electrons. The van der Waals surface area contributed by atoms with Crippen LogP contribution in [0.3, 0.4) is 0 Å². The van der Waals surface area contributed by atoms with Gasteiger partial charge >= 0.3 is 0 Å². The lowest BCUT2D eigenvalue weighted by molar-refractivity contribution is -0.113. The molecule has 0 atom stereocenters. The SMILES string of the molecule is CCN(CC)S(=O)(=O)c1ccc(C)c(NC(=O)CSc2nncn2C)c1. The molecular formula is C16H23N5O3S2. The third-order valence-electron chi connectivity index (χ3n) is 3.83. The Bertz CT molecular complexity index is 876. The largest absolute Gasteiger partial charge is 0.325 e. The molecule has 10 heteroatoms. The van der Waals surface area contributed by atoms with E-state index in [0.717, 1.165) is 5.56 Å². The van der Waals surface area contributed by atoms with Gasteiger partial charge in [-0.15, -0.1) is 10.2 Å². The Kier molecular flexibility index (Phi) is 6.79. The van der Waals surface area contributed by atoms with E-state index >= 15 is 0 Å².